The summed E-state index contributed by atoms with van der Waals surface area (Å²) in [5.74, 6) is -0.387. The molecule has 0 aliphatic heterocycles. The molecule has 0 fully saturated rings. The van der Waals surface area contributed by atoms with E-state index in [0.717, 1.165) is 22.0 Å². The van der Waals surface area contributed by atoms with Crippen LogP contribution >= 0.6 is 11.3 Å². The third-order valence-corrected chi connectivity index (χ3v) is 5.17. The molecule has 2 heterocycles. The van der Waals surface area contributed by atoms with Crippen LogP contribution in [0.4, 0.5) is 10.5 Å². The van der Waals surface area contributed by atoms with Crippen molar-refractivity contribution < 1.29 is 14.3 Å². The number of carbonyl (C=O) groups excluding carboxylic acids is 2. The van der Waals surface area contributed by atoms with Gasteiger partial charge in [-0.15, -0.1) is 11.3 Å². The first-order valence-corrected chi connectivity index (χ1v) is 9.66. The van der Waals surface area contributed by atoms with Crippen LogP contribution in [-0.2, 0) is 9.53 Å². The van der Waals surface area contributed by atoms with Gasteiger partial charge in [-0.1, -0.05) is 18.2 Å². The number of amides is 2. The maximum atomic E-state index is 12.7. The first kappa shape index (κ1) is 19.6. The van der Waals surface area contributed by atoms with Gasteiger partial charge in [-0.3, -0.25) is 4.79 Å². The van der Waals surface area contributed by atoms with Crippen LogP contribution in [-0.4, -0.2) is 28.9 Å². The molecule has 146 valence electrons. The number of aryl methyl sites for hydroxylation is 2. The lowest BCUT2D eigenvalue weighted by Gasteiger charge is -2.18. The smallest absolute Gasteiger partial charge is 0.319 e. The summed E-state index contributed by atoms with van der Waals surface area (Å²) in [5, 5.41) is 12.1. The summed E-state index contributed by atoms with van der Waals surface area (Å²) in [5.41, 5.74) is 3.25. The van der Waals surface area contributed by atoms with Gasteiger partial charge in [-0.25, -0.2) is 9.48 Å². The standard InChI is InChI=1S/C20H22N4O3S/c1-13-11-14(2)24(23-13)17-8-5-4-7-15(17)21-20(26)22-16(12-19(25)27-3)18-9-6-10-28-18/h4-11,16H,12H2,1-3H3,(H2,21,22,26). The van der Waals surface area contributed by atoms with Crippen LogP contribution in [0.5, 0.6) is 0 Å². The largest absolute Gasteiger partial charge is 0.469 e. The lowest BCUT2D eigenvalue weighted by molar-refractivity contribution is -0.141. The van der Waals surface area contributed by atoms with Crippen molar-refractivity contribution in [3.63, 3.8) is 0 Å². The molecule has 0 saturated heterocycles. The molecule has 2 N–H and O–H groups in total. The van der Waals surface area contributed by atoms with E-state index in [0.29, 0.717) is 5.69 Å². The number of rotatable bonds is 6. The van der Waals surface area contributed by atoms with E-state index in [9.17, 15) is 9.59 Å². The Morgan fingerprint density at radius 3 is 2.64 bits per heavy atom. The minimum absolute atomic E-state index is 0.0591. The molecule has 28 heavy (non-hydrogen) atoms. The number of hydrogen-bond acceptors (Lipinski definition) is 5. The van der Waals surface area contributed by atoms with Crippen LogP contribution in [0.1, 0.15) is 28.7 Å². The topological polar surface area (TPSA) is 85.2 Å². The Labute approximate surface area is 167 Å². The van der Waals surface area contributed by atoms with Crippen molar-refractivity contribution in [2.75, 3.05) is 12.4 Å². The maximum Gasteiger partial charge on any atom is 0.319 e. The summed E-state index contributed by atoms with van der Waals surface area (Å²) in [7, 11) is 1.33. The lowest BCUT2D eigenvalue weighted by atomic mass is 10.1. The van der Waals surface area contributed by atoms with E-state index in [1.807, 2.05) is 61.7 Å². The zero-order valence-electron chi connectivity index (χ0n) is 15.9. The summed E-state index contributed by atoms with van der Waals surface area (Å²) in [6.07, 6.45) is 0.0591. The first-order valence-electron chi connectivity index (χ1n) is 8.78. The molecule has 7 nitrogen and oxygen atoms in total. The number of para-hydroxylation sites is 2. The Morgan fingerprint density at radius 1 is 1.21 bits per heavy atom. The highest BCUT2D eigenvalue weighted by Gasteiger charge is 2.20. The number of hydrogen-bond donors (Lipinski definition) is 2. The zero-order valence-corrected chi connectivity index (χ0v) is 16.7. The summed E-state index contributed by atoms with van der Waals surface area (Å²) >= 11 is 1.47. The van der Waals surface area contributed by atoms with Crippen LogP contribution in [0.3, 0.4) is 0 Å². The van der Waals surface area contributed by atoms with Crippen molar-refractivity contribution in [1.82, 2.24) is 15.1 Å². The molecule has 3 rings (SSSR count). The van der Waals surface area contributed by atoms with Gasteiger partial charge < -0.3 is 15.4 Å². The molecule has 0 bridgehead atoms. The Kier molecular flexibility index (Phi) is 6.10. The Hall–Kier alpha value is -3.13. The first-order chi connectivity index (χ1) is 13.5. The minimum Gasteiger partial charge on any atom is -0.469 e. The predicted octanol–water partition coefficient (Wildman–Crippen LogP) is 3.98. The quantitative estimate of drug-likeness (QED) is 0.615. The molecule has 0 saturated carbocycles. The molecule has 0 aliphatic rings. The molecule has 8 heteroatoms. The second kappa shape index (κ2) is 8.71. The average Bonchev–Trinajstić information content (AvgIpc) is 3.31. The van der Waals surface area contributed by atoms with Crippen molar-refractivity contribution in [2.45, 2.75) is 26.3 Å². The van der Waals surface area contributed by atoms with Gasteiger partial charge in [-0.2, -0.15) is 5.10 Å². The van der Waals surface area contributed by atoms with E-state index in [2.05, 4.69) is 15.7 Å². The Balaban J connectivity index is 1.79. The van der Waals surface area contributed by atoms with E-state index >= 15 is 0 Å². The molecule has 0 spiro atoms. The van der Waals surface area contributed by atoms with Crippen LogP contribution < -0.4 is 10.6 Å². The van der Waals surface area contributed by atoms with E-state index in [-0.39, 0.29) is 12.4 Å². The molecule has 1 atom stereocenters. The van der Waals surface area contributed by atoms with Gasteiger partial charge in [0.1, 0.15) is 0 Å². The van der Waals surface area contributed by atoms with Crippen molar-refractivity contribution in [1.29, 1.82) is 0 Å². The van der Waals surface area contributed by atoms with Crippen molar-refractivity contribution in [2.24, 2.45) is 0 Å². The average molecular weight is 398 g/mol. The molecule has 2 aromatic heterocycles. The van der Waals surface area contributed by atoms with Crippen molar-refractivity contribution in [3.05, 3.63) is 64.1 Å². The normalized spacial score (nSPS) is 11.7. The SMILES string of the molecule is COC(=O)CC(NC(=O)Nc1ccccc1-n1nc(C)cc1C)c1cccs1. The summed E-state index contributed by atoms with van der Waals surface area (Å²) in [4.78, 5) is 25.3. The van der Waals surface area contributed by atoms with Gasteiger partial charge in [0.25, 0.3) is 0 Å². The van der Waals surface area contributed by atoms with Crippen molar-refractivity contribution >= 4 is 29.0 Å². The lowest BCUT2D eigenvalue weighted by Crippen LogP contribution is -2.34. The summed E-state index contributed by atoms with van der Waals surface area (Å²) < 4.78 is 6.54. The third kappa shape index (κ3) is 4.58. The van der Waals surface area contributed by atoms with Crippen LogP contribution in [0.25, 0.3) is 5.69 Å². The van der Waals surface area contributed by atoms with Crippen LogP contribution in [0.2, 0.25) is 0 Å². The minimum atomic E-state index is -0.465. The summed E-state index contributed by atoms with van der Waals surface area (Å²) in [6, 6.07) is 12.3. The van der Waals surface area contributed by atoms with Crippen LogP contribution in [0, 0.1) is 13.8 Å². The molecule has 1 unspecified atom stereocenters. The molecule has 0 aliphatic carbocycles. The number of methoxy groups -OCH3 is 1. The van der Waals surface area contributed by atoms with Gasteiger partial charge in [0.15, 0.2) is 0 Å². The fraction of sp³-hybridized carbons (Fsp3) is 0.250. The molecule has 3 aromatic rings. The number of aromatic nitrogens is 2. The second-order valence-corrected chi connectivity index (χ2v) is 7.28. The highest BCUT2D eigenvalue weighted by Crippen LogP contribution is 2.24. The van der Waals surface area contributed by atoms with E-state index < -0.39 is 12.1 Å². The fourth-order valence-electron chi connectivity index (χ4n) is 2.92. The number of thiophene rings is 1. The Bertz CT molecular complexity index is 966. The van der Waals surface area contributed by atoms with Crippen LogP contribution in [0.15, 0.2) is 47.8 Å². The predicted molar refractivity (Wildman–Crippen MR) is 109 cm³/mol. The molecule has 2 amide bonds. The number of ether oxygens (including phenoxy) is 1. The zero-order chi connectivity index (χ0) is 20.1. The number of urea groups is 1. The monoisotopic (exact) mass is 398 g/mol. The van der Waals surface area contributed by atoms with Gasteiger partial charge in [-0.05, 0) is 43.5 Å². The van der Waals surface area contributed by atoms with Gasteiger partial charge in [0.2, 0.25) is 0 Å². The molecular formula is C20H22N4O3S. The number of nitrogens with zero attached hydrogens (tertiary/aromatic N) is 2. The van der Waals surface area contributed by atoms with Crippen molar-refractivity contribution in [3.8, 4) is 5.69 Å². The third-order valence-electron chi connectivity index (χ3n) is 4.18. The summed E-state index contributed by atoms with van der Waals surface area (Å²) in [6.45, 7) is 3.88. The number of nitrogens with one attached hydrogen (secondary N) is 2. The van der Waals surface area contributed by atoms with Gasteiger partial charge >= 0.3 is 12.0 Å². The number of anilines is 1. The van der Waals surface area contributed by atoms with Gasteiger partial charge in [0.05, 0.1) is 36.6 Å². The highest BCUT2D eigenvalue weighted by molar-refractivity contribution is 7.10. The second-order valence-electron chi connectivity index (χ2n) is 6.30. The van der Waals surface area contributed by atoms with E-state index in [1.165, 1.54) is 18.4 Å². The molecule has 1 aromatic carbocycles. The number of esters is 1. The van der Waals surface area contributed by atoms with E-state index in [1.54, 1.807) is 4.68 Å². The number of carbonyl (C=O) groups is 2. The Morgan fingerprint density at radius 2 is 2.00 bits per heavy atom. The molecule has 0 radical (unpaired) electrons. The highest BCUT2D eigenvalue weighted by atomic mass is 32.1. The maximum absolute atomic E-state index is 12.7. The number of benzene rings is 1. The van der Waals surface area contributed by atoms with E-state index in [4.69, 9.17) is 4.74 Å². The molecular weight excluding hydrogens is 376 g/mol. The van der Waals surface area contributed by atoms with Gasteiger partial charge in [0, 0.05) is 10.6 Å². The fourth-order valence-corrected chi connectivity index (χ4v) is 3.69.